The maximum Gasteiger partial charge on any atom is 0.0405 e. The molecule has 0 amide bonds. The number of nitrogens with one attached hydrogen (secondary N) is 1. The SMILES string of the molecule is CN1CCNCC1CC(N)c1cc(Br)cs1. The summed E-state index contributed by atoms with van der Waals surface area (Å²) in [6.45, 7) is 3.26. The molecule has 0 aromatic carbocycles. The third-order valence-corrected chi connectivity index (χ3v) is 4.95. The average Bonchev–Trinajstić information content (AvgIpc) is 2.68. The molecule has 0 spiro atoms. The van der Waals surface area contributed by atoms with Gasteiger partial charge < -0.3 is 16.0 Å². The summed E-state index contributed by atoms with van der Waals surface area (Å²) in [4.78, 5) is 3.67. The van der Waals surface area contributed by atoms with Gasteiger partial charge in [0.05, 0.1) is 0 Å². The van der Waals surface area contributed by atoms with Crippen LogP contribution >= 0.6 is 27.3 Å². The summed E-state index contributed by atoms with van der Waals surface area (Å²) in [5.74, 6) is 0. The van der Waals surface area contributed by atoms with E-state index in [1.165, 1.54) is 4.88 Å². The first-order valence-electron chi connectivity index (χ1n) is 5.57. The number of piperazine rings is 1. The van der Waals surface area contributed by atoms with Crippen molar-refractivity contribution in [1.29, 1.82) is 0 Å². The lowest BCUT2D eigenvalue weighted by atomic mass is 10.0. The zero-order valence-electron chi connectivity index (χ0n) is 9.45. The molecule has 0 radical (unpaired) electrons. The molecule has 0 aliphatic carbocycles. The molecule has 1 aromatic heterocycles. The lowest BCUT2D eigenvalue weighted by Gasteiger charge is -2.34. The summed E-state index contributed by atoms with van der Waals surface area (Å²) >= 11 is 5.21. The summed E-state index contributed by atoms with van der Waals surface area (Å²) in [6, 6.07) is 2.85. The Morgan fingerprint density at radius 2 is 2.56 bits per heavy atom. The highest BCUT2D eigenvalue weighted by atomic mass is 79.9. The Morgan fingerprint density at radius 1 is 1.75 bits per heavy atom. The second-order valence-corrected chi connectivity index (χ2v) is 6.21. The first-order chi connectivity index (χ1) is 7.66. The zero-order chi connectivity index (χ0) is 11.5. The zero-order valence-corrected chi connectivity index (χ0v) is 11.9. The molecule has 1 aromatic rings. The van der Waals surface area contributed by atoms with Gasteiger partial charge in [-0.2, -0.15) is 0 Å². The molecule has 0 bridgehead atoms. The van der Waals surface area contributed by atoms with Crippen molar-refractivity contribution in [1.82, 2.24) is 10.2 Å². The molecule has 2 heterocycles. The van der Waals surface area contributed by atoms with Crippen LogP contribution in [0.3, 0.4) is 0 Å². The van der Waals surface area contributed by atoms with E-state index in [1.54, 1.807) is 11.3 Å². The van der Waals surface area contributed by atoms with E-state index in [9.17, 15) is 0 Å². The number of hydrogen-bond donors (Lipinski definition) is 2. The van der Waals surface area contributed by atoms with Gasteiger partial charge in [-0.3, -0.25) is 0 Å². The van der Waals surface area contributed by atoms with Crippen molar-refractivity contribution in [2.45, 2.75) is 18.5 Å². The van der Waals surface area contributed by atoms with Crippen LogP contribution in [0.4, 0.5) is 0 Å². The average molecular weight is 304 g/mol. The number of nitrogens with two attached hydrogens (primary N) is 1. The van der Waals surface area contributed by atoms with E-state index < -0.39 is 0 Å². The molecule has 5 heteroatoms. The van der Waals surface area contributed by atoms with Crippen LogP contribution in [-0.2, 0) is 0 Å². The van der Waals surface area contributed by atoms with Crippen LogP contribution in [0.25, 0.3) is 0 Å². The van der Waals surface area contributed by atoms with Gasteiger partial charge in [0.15, 0.2) is 0 Å². The normalized spacial score (nSPS) is 24.6. The summed E-state index contributed by atoms with van der Waals surface area (Å²) in [6.07, 6.45) is 1.02. The Balaban J connectivity index is 1.93. The molecular formula is C11H18BrN3S. The lowest BCUT2D eigenvalue weighted by molar-refractivity contribution is 0.183. The monoisotopic (exact) mass is 303 g/mol. The number of halogens is 1. The minimum Gasteiger partial charge on any atom is -0.323 e. The van der Waals surface area contributed by atoms with Crippen LogP contribution < -0.4 is 11.1 Å². The number of rotatable bonds is 3. The fourth-order valence-electron chi connectivity index (χ4n) is 2.06. The number of nitrogens with zero attached hydrogens (tertiary/aromatic N) is 1. The van der Waals surface area contributed by atoms with E-state index in [4.69, 9.17) is 5.73 Å². The van der Waals surface area contributed by atoms with Crippen molar-refractivity contribution in [3.05, 3.63) is 20.8 Å². The van der Waals surface area contributed by atoms with Gasteiger partial charge in [0.2, 0.25) is 0 Å². The first kappa shape index (κ1) is 12.5. The van der Waals surface area contributed by atoms with Crippen molar-refractivity contribution in [3.8, 4) is 0 Å². The van der Waals surface area contributed by atoms with Crippen LogP contribution in [0.5, 0.6) is 0 Å². The molecule has 0 saturated carbocycles. The largest absolute Gasteiger partial charge is 0.323 e. The van der Waals surface area contributed by atoms with Gasteiger partial charge >= 0.3 is 0 Å². The third kappa shape index (κ3) is 3.05. The van der Waals surface area contributed by atoms with E-state index in [0.29, 0.717) is 6.04 Å². The van der Waals surface area contributed by atoms with Gasteiger partial charge in [0, 0.05) is 46.4 Å². The van der Waals surface area contributed by atoms with Crippen molar-refractivity contribution in [2.75, 3.05) is 26.7 Å². The van der Waals surface area contributed by atoms with Crippen molar-refractivity contribution >= 4 is 27.3 Å². The number of likely N-dealkylation sites (N-methyl/N-ethyl adjacent to an activating group) is 1. The molecule has 2 unspecified atom stereocenters. The van der Waals surface area contributed by atoms with Crippen LogP contribution in [0.2, 0.25) is 0 Å². The van der Waals surface area contributed by atoms with Crippen LogP contribution in [0, 0.1) is 0 Å². The van der Waals surface area contributed by atoms with E-state index in [-0.39, 0.29) is 6.04 Å². The fourth-order valence-corrected chi connectivity index (χ4v) is 3.52. The summed E-state index contributed by atoms with van der Waals surface area (Å²) in [5, 5.41) is 5.52. The lowest BCUT2D eigenvalue weighted by Crippen LogP contribution is -2.50. The Kier molecular flexibility index (Phi) is 4.38. The second kappa shape index (κ2) is 5.60. The molecule has 90 valence electrons. The summed E-state index contributed by atoms with van der Waals surface area (Å²) < 4.78 is 1.14. The predicted octanol–water partition coefficient (Wildman–Crippen LogP) is 1.80. The Bertz CT molecular complexity index is 342. The first-order valence-corrected chi connectivity index (χ1v) is 7.24. The van der Waals surface area contributed by atoms with Gasteiger partial charge in [-0.15, -0.1) is 11.3 Å². The minimum atomic E-state index is 0.156. The van der Waals surface area contributed by atoms with Crippen LogP contribution in [0.15, 0.2) is 15.9 Å². The second-order valence-electron chi connectivity index (χ2n) is 4.35. The molecule has 1 saturated heterocycles. The van der Waals surface area contributed by atoms with Crippen molar-refractivity contribution < 1.29 is 0 Å². The highest BCUT2D eigenvalue weighted by Crippen LogP contribution is 2.27. The van der Waals surface area contributed by atoms with E-state index >= 15 is 0 Å². The Hall–Kier alpha value is 0.0600. The molecule has 1 aliphatic heterocycles. The van der Waals surface area contributed by atoms with Crippen molar-refractivity contribution in [3.63, 3.8) is 0 Å². The minimum absolute atomic E-state index is 0.156. The fraction of sp³-hybridized carbons (Fsp3) is 0.636. The van der Waals surface area contributed by atoms with Gasteiger partial charge in [0.25, 0.3) is 0 Å². The molecule has 2 atom stereocenters. The van der Waals surface area contributed by atoms with Gasteiger partial charge in [-0.1, -0.05) is 0 Å². The highest BCUT2D eigenvalue weighted by Gasteiger charge is 2.22. The van der Waals surface area contributed by atoms with E-state index in [0.717, 1.165) is 30.5 Å². The van der Waals surface area contributed by atoms with Gasteiger partial charge in [0.1, 0.15) is 0 Å². The quantitative estimate of drug-likeness (QED) is 0.895. The molecular weight excluding hydrogens is 286 g/mol. The third-order valence-electron chi connectivity index (χ3n) is 3.12. The maximum absolute atomic E-state index is 6.24. The maximum atomic E-state index is 6.24. The number of hydrogen-bond acceptors (Lipinski definition) is 4. The topological polar surface area (TPSA) is 41.3 Å². The predicted molar refractivity (Wildman–Crippen MR) is 72.9 cm³/mol. The van der Waals surface area contributed by atoms with Gasteiger partial charge in [-0.25, -0.2) is 0 Å². The van der Waals surface area contributed by atoms with Crippen LogP contribution in [-0.4, -0.2) is 37.6 Å². The molecule has 1 aliphatic rings. The molecule has 3 N–H and O–H groups in total. The molecule has 3 nitrogen and oxygen atoms in total. The standard InChI is InChI=1S/C11H18BrN3S/c1-15-3-2-14-6-9(15)5-10(13)11-4-8(12)7-16-11/h4,7,9-10,14H,2-3,5-6,13H2,1H3. The van der Waals surface area contributed by atoms with Crippen molar-refractivity contribution in [2.24, 2.45) is 5.73 Å². The number of thiophene rings is 1. The molecule has 16 heavy (non-hydrogen) atoms. The van der Waals surface area contributed by atoms with E-state index in [1.807, 2.05) is 0 Å². The Morgan fingerprint density at radius 3 is 3.19 bits per heavy atom. The summed E-state index contributed by atoms with van der Waals surface area (Å²) in [5.41, 5.74) is 6.24. The molecule has 2 rings (SSSR count). The molecule has 1 fully saturated rings. The smallest absolute Gasteiger partial charge is 0.0405 e. The Labute approximate surface area is 109 Å². The van der Waals surface area contributed by atoms with Gasteiger partial charge in [-0.05, 0) is 35.5 Å². The summed E-state index contributed by atoms with van der Waals surface area (Å²) in [7, 11) is 2.18. The van der Waals surface area contributed by atoms with Crippen LogP contribution in [0.1, 0.15) is 17.3 Å². The highest BCUT2D eigenvalue weighted by molar-refractivity contribution is 9.10. The van der Waals surface area contributed by atoms with E-state index in [2.05, 4.69) is 44.6 Å².